The van der Waals surface area contributed by atoms with Gasteiger partial charge >= 0.3 is 0 Å². The SMILES string of the molecule is c1ccc(-n2c3ccccc3c3c(N(c4ccc5c(c4)oc4ccccc45)c4cc5ccccc5c5oc6ccccc6c45)cccc32)cc1. The van der Waals surface area contributed by atoms with Crippen LogP contribution in [0.3, 0.4) is 0 Å². The second-order valence-corrected chi connectivity index (χ2v) is 12.9. The van der Waals surface area contributed by atoms with E-state index in [0.717, 1.165) is 88.4 Å². The monoisotopic (exact) mass is 640 g/mol. The molecule has 4 heteroatoms. The first-order chi connectivity index (χ1) is 24.8. The molecule has 0 aliphatic rings. The van der Waals surface area contributed by atoms with Crippen molar-refractivity contribution < 1.29 is 8.83 Å². The Kier molecular flexibility index (Phi) is 5.63. The summed E-state index contributed by atoms with van der Waals surface area (Å²) in [6.45, 7) is 0. The number of aromatic nitrogens is 1. The smallest absolute Gasteiger partial charge is 0.145 e. The standard InChI is InChI=1S/C46H28N2O2/c1-2-14-30(15-3-1)47-37-20-9-6-18-35(37)44-38(47)21-12-22-39(44)48(31-25-26-34-33-17-7-10-23-41(33)49-43(34)28-31)40-27-29-13-4-5-16-32(29)46-45(40)36-19-8-11-24-42(36)50-46/h1-28H. The summed E-state index contributed by atoms with van der Waals surface area (Å²) in [4.78, 5) is 2.41. The third kappa shape index (κ3) is 3.81. The number of hydrogen-bond acceptors (Lipinski definition) is 3. The van der Waals surface area contributed by atoms with E-state index in [1.807, 2.05) is 18.2 Å². The molecule has 11 aromatic rings. The van der Waals surface area contributed by atoms with Gasteiger partial charge in [-0.3, -0.25) is 0 Å². The van der Waals surface area contributed by atoms with Gasteiger partial charge in [-0.2, -0.15) is 0 Å². The average Bonchev–Trinajstić information content (AvgIpc) is 3.85. The number of fused-ring (bicyclic) bond motifs is 11. The number of anilines is 3. The van der Waals surface area contributed by atoms with Gasteiger partial charge in [-0.15, -0.1) is 0 Å². The Labute approximate surface area is 286 Å². The van der Waals surface area contributed by atoms with E-state index in [-0.39, 0.29) is 0 Å². The largest absolute Gasteiger partial charge is 0.456 e. The Morgan fingerprint density at radius 1 is 0.400 bits per heavy atom. The molecule has 11 rings (SSSR count). The van der Waals surface area contributed by atoms with E-state index in [9.17, 15) is 0 Å². The van der Waals surface area contributed by atoms with Crippen LogP contribution < -0.4 is 4.90 Å². The van der Waals surface area contributed by atoms with Crippen molar-refractivity contribution in [3.8, 4) is 5.69 Å². The molecule has 0 radical (unpaired) electrons. The van der Waals surface area contributed by atoms with Crippen molar-refractivity contribution in [1.29, 1.82) is 0 Å². The van der Waals surface area contributed by atoms with Gasteiger partial charge in [-0.05, 0) is 66.0 Å². The van der Waals surface area contributed by atoms with Crippen molar-refractivity contribution in [3.05, 3.63) is 170 Å². The molecule has 3 heterocycles. The fourth-order valence-corrected chi connectivity index (χ4v) is 8.02. The number of para-hydroxylation sites is 4. The van der Waals surface area contributed by atoms with Gasteiger partial charge in [0.25, 0.3) is 0 Å². The minimum atomic E-state index is 0.849. The van der Waals surface area contributed by atoms with Crippen LogP contribution in [-0.2, 0) is 0 Å². The summed E-state index contributed by atoms with van der Waals surface area (Å²) < 4.78 is 15.6. The zero-order valence-corrected chi connectivity index (χ0v) is 26.9. The molecule has 0 aliphatic carbocycles. The topological polar surface area (TPSA) is 34.5 Å². The van der Waals surface area contributed by atoms with Gasteiger partial charge in [-0.1, -0.05) is 103 Å². The van der Waals surface area contributed by atoms with Crippen LogP contribution in [0.2, 0.25) is 0 Å². The Morgan fingerprint density at radius 3 is 1.92 bits per heavy atom. The lowest BCUT2D eigenvalue weighted by molar-refractivity contribution is 0.669. The van der Waals surface area contributed by atoms with E-state index < -0.39 is 0 Å². The summed E-state index contributed by atoms with van der Waals surface area (Å²) in [7, 11) is 0. The minimum Gasteiger partial charge on any atom is -0.456 e. The first kappa shape index (κ1) is 27.2. The molecule has 8 aromatic carbocycles. The lowest BCUT2D eigenvalue weighted by Gasteiger charge is -2.27. The van der Waals surface area contributed by atoms with Crippen LogP contribution in [0.5, 0.6) is 0 Å². The maximum absolute atomic E-state index is 6.71. The summed E-state index contributed by atoms with van der Waals surface area (Å²) in [5.41, 5.74) is 10.0. The summed E-state index contributed by atoms with van der Waals surface area (Å²) in [6, 6.07) is 60.1. The highest BCUT2D eigenvalue weighted by atomic mass is 16.3. The molecule has 0 aliphatic heterocycles. The predicted molar refractivity (Wildman–Crippen MR) is 208 cm³/mol. The van der Waals surface area contributed by atoms with Crippen molar-refractivity contribution in [2.75, 3.05) is 4.90 Å². The highest BCUT2D eigenvalue weighted by Crippen LogP contribution is 2.49. The van der Waals surface area contributed by atoms with Crippen molar-refractivity contribution in [3.63, 3.8) is 0 Å². The van der Waals surface area contributed by atoms with E-state index in [1.165, 1.54) is 10.8 Å². The van der Waals surface area contributed by atoms with Crippen molar-refractivity contribution in [1.82, 2.24) is 4.57 Å². The van der Waals surface area contributed by atoms with E-state index in [2.05, 4.69) is 161 Å². The van der Waals surface area contributed by atoms with Crippen LogP contribution in [0.25, 0.3) is 82.1 Å². The van der Waals surface area contributed by atoms with Gasteiger partial charge in [0.15, 0.2) is 0 Å². The molecule has 0 spiro atoms. The molecule has 50 heavy (non-hydrogen) atoms. The van der Waals surface area contributed by atoms with Crippen molar-refractivity contribution in [2.24, 2.45) is 0 Å². The first-order valence-electron chi connectivity index (χ1n) is 16.9. The average molecular weight is 641 g/mol. The third-order valence-corrected chi connectivity index (χ3v) is 10.1. The normalized spacial score (nSPS) is 12.0. The van der Waals surface area contributed by atoms with Crippen LogP contribution in [0.4, 0.5) is 17.1 Å². The minimum absolute atomic E-state index is 0.849. The fourth-order valence-electron chi connectivity index (χ4n) is 8.02. The summed E-state index contributed by atoms with van der Waals surface area (Å²) in [5, 5.41) is 8.93. The molecule has 0 saturated carbocycles. The molecule has 3 aromatic heterocycles. The second-order valence-electron chi connectivity index (χ2n) is 12.9. The molecule has 4 nitrogen and oxygen atoms in total. The van der Waals surface area contributed by atoms with E-state index in [1.54, 1.807) is 0 Å². The quantitative estimate of drug-likeness (QED) is 0.192. The van der Waals surface area contributed by atoms with Crippen LogP contribution in [0.1, 0.15) is 0 Å². The van der Waals surface area contributed by atoms with Gasteiger partial charge < -0.3 is 18.3 Å². The molecule has 234 valence electrons. The molecular formula is C46H28N2O2. The van der Waals surface area contributed by atoms with Crippen LogP contribution in [0.15, 0.2) is 179 Å². The summed E-state index contributed by atoms with van der Waals surface area (Å²) >= 11 is 0. The first-order valence-corrected chi connectivity index (χ1v) is 16.9. The predicted octanol–water partition coefficient (Wildman–Crippen LogP) is 13.2. The van der Waals surface area contributed by atoms with Crippen molar-refractivity contribution in [2.45, 2.75) is 0 Å². The molecule has 0 amide bonds. The highest BCUT2D eigenvalue weighted by Gasteiger charge is 2.26. The number of benzene rings is 8. The lowest BCUT2D eigenvalue weighted by Crippen LogP contribution is -2.11. The molecule has 0 atom stereocenters. The zero-order valence-electron chi connectivity index (χ0n) is 26.9. The van der Waals surface area contributed by atoms with Gasteiger partial charge in [0, 0.05) is 49.8 Å². The number of nitrogens with zero attached hydrogens (tertiary/aromatic N) is 2. The van der Waals surface area contributed by atoms with Crippen LogP contribution in [-0.4, -0.2) is 4.57 Å². The Balaban J connectivity index is 1.31. The molecular weight excluding hydrogens is 613 g/mol. The fraction of sp³-hybridized carbons (Fsp3) is 0. The van der Waals surface area contributed by atoms with Crippen LogP contribution >= 0.6 is 0 Å². The van der Waals surface area contributed by atoms with Gasteiger partial charge in [-0.25, -0.2) is 0 Å². The number of hydrogen-bond donors (Lipinski definition) is 0. The molecule has 0 fully saturated rings. The molecule has 0 N–H and O–H groups in total. The Hall–Kier alpha value is -6.78. The molecule has 0 saturated heterocycles. The Morgan fingerprint density at radius 2 is 1.06 bits per heavy atom. The van der Waals surface area contributed by atoms with E-state index in [4.69, 9.17) is 8.83 Å². The molecule has 0 bridgehead atoms. The van der Waals surface area contributed by atoms with Crippen LogP contribution in [0, 0.1) is 0 Å². The lowest BCUT2D eigenvalue weighted by atomic mass is 10.0. The third-order valence-electron chi connectivity index (χ3n) is 10.1. The van der Waals surface area contributed by atoms with Gasteiger partial charge in [0.05, 0.1) is 27.8 Å². The van der Waals surface area contributed by atoms with Gasteiger partial charge in [0.1, 0.15) is 22.3 Å². The maximum Gasteiger partial charge on any atom is 0.145 e. The maximum atomic E-state index is 6.71. The number of rotatable bonds is 4. The molecule has 0 unspecified atom stereocenters. The van der Waals surface area contributed by atoms with E-state index >= 15 is 0 Å². The summed E-state index contributed by atoms with van der Waals surface area (Å²) in [6.07, 6.45) is 0. The summed E-state index contributed by atoms with van der Waals surface area (Å²) in [5.74, 6) is 0. The van der Waals surface area contributed by atoms with Gasteiger partial charge in [0.2, 0.25) is 0 Å². The highest BCUT2D eigenvalue weighted by molar-refractivity contribution is 6.24. The number of furan rings is 2. The Bertz CT molecular complexity index is 3110. The van der Waals surface area contributed by atoms with E-state index in [0.29, 0.717) is 0 Å². The zero-order chi connectivity index (χ0) is 32.8. The van der Waals surface area contributed by atoms with Crippen molar-refractivity contribution >= 4 is 93.5 Å². The second kappa shape index (κ2) is 10.4.